The zero-order valence-corrected chi connectivity index (χ0v) is 10.6. The number of hydrogen-bond donors (Lipinski definition) is 2. The number of aliphatic hydroxyl groups is 1. The van der Waals surface area contributed by atoms with Crippen molar-refractivity contribution in [2.45, 2.75) is 31.7 Å². The Hall–Kier alpha value is -1.86. The van der Waals surface area contributed by atoms with E-state index in [1.807, 2.05) is 0 Å². The van der Waals surface area contributed by atoms with Crippen molar-refractivity contribution in [3.63, 3.8) is 0 Å². The lowest BCUT2D eigenvalue weighted by Crippen LogP contribution is -2.33. The summed E-state index contributed by atoms with van der Waals surface area (Å²) in [6, 6.07) is 4.09. The Morgan fingerprint density at radius 3 is 2.84 bits per heavy atom. The third-order valence-corrected chi connectivity index (χ3v) is 3.22. The SMILES string of the molecule is O=C(NC1CCCC1)c1ccc(F)cc1C#CCO. The molecular weight excluding hydrogens is 245 g/mol. The maximum atomic E-state index is 13.2. The van der Waals surface area contributed by atoms with Crippen molar-refractivity contribution in [2.75, 3.05) is 6.61 Å². The van der Waals surface area contributed by atoms with E-state index in [4.69, 9.17) is 5.11 Å². The third kappa shape index (κ3) is 3.55. The average Bonchev–Trinajstić information content (AvgIpc) is 2.89. The molecular formula is C15H16FNO2. The molecule has 3 nitrogen and oxygen atoms in total. The van der Waals surface area contributed by atoms with Crippen molar-refractivity contribution < 1.29 is 14.3 Å². The Balaban J connectivity index is 2.19. The number of rotatable bonds is 2. The molecule has 4 heteroatoms. The standard InChI is InChI=1S/C15H16FNO2/c16-12-7-8-14(11(10-12)4-3-9-18)15(19)17-13-5-1-2-6-13/h7-8,10,13,18H,1-2,5-6,9H2,(H,17,19). The van der Waals surface area contributed by atoms with Crippen molar-refractivity contribution in [1.29, 1.82) is 0 Å². The molecule has 0 aliphatic heterocycles. The molecule has 1 aromatic rings. The molecule has 1 fully saturated rings. The first kappa shape index (κ1) is 13.6. The van der Waals surface area contributed by atoms with Gasteiger partial charge in [0, 0.05) is 11.6 Å². The number of carbonyl (C=O) groups is 1. The lowest BCUT2D eigenvalue weighted by Gasteiger charge is -2.12. The van der Waals surface area contributed by atoms with Gasteiger partial charge < -0.3 is 10.4 Å². The summed E-state index contributed by atoms with van der Waals surface area (Å²) >= 11 is 0. The van der Waals surface area contributed by atoms with E-state index in [-0.39, 0.29) is 18.6 Å². The predicted molar refractivity (Wildman–Crippen MR) is 70.1 cm³/mol. The van der Waals surface area contributed by atoms with Gasteiger partial charge in [0.05, 0.1) is 5.56 Å². The van der Waals surface area contributed by atoms with Crippen LogP contribution in [0.2, 0.25) is 0 Å². The maximum absolute atomic E-state index is 13.2. The molecule has 0 unspecified atom stereocenters. The molecule has 0 spiro atoms. The Morgan fingerprint density at radius 1 is 1.42 bits per heavy atom. The zero-order chi connectivity index (χ0) is 13.7. The van der Waals surface area contributed by atoms with E-state index in [2.05, 4.69) is 17.2 Å². The summed E-state index contributed by atoms with van der Waals surface area (Å²) in [5, 5.41) is 11.6. The van der Waals surface area contributed by atoms with Crippen LogP contribution in [0.1, 0.15) is 41.6 Å². The lowest BCUT2D eigenvalue weighted by atomic mass is 10.1. The highest BCUT2D eigenvalue weighted by Gasteiger charge is 2.19. The average molecular weight is 261 g/mol. The lowest BCUT2D eigenvalue weighted by molar-refractivity contribution is 0.0937. The fourth-order valence-corrected chi connectivity index (χ4v) is 2.29. The van der Waals surface area contributed by atoms with Crippen LogP contribution in [0.3, 0.4) is 0 Å². The molecule has 1 aromatic carbocycles. The van der Waals surface area contributed by atoms with Gasteiger partial charge in [0.2, 0.25) is 0 Å². The van der Waals surface area contributed by atoms with Crippen LogP contribution in [-0.2, 0) is 0 Å². The third-order valence-electron chi connectivity index (χ3n) is 3.22. The first-order valence-corrected chi connectivity index (χ1v) is 6.41. The van der Waals surface area contributed by atoms with Crippen LogP contribution in [0.15, 0.2) is 18.2 Å². The van der Waals surface area contributed by atoms with E-state index in [1.165, 1.54) is 18.2 Å². The van der Waals surface area contributed by atoms with Crippen LogP contribution in [0.5, 0.6) is 0 Å². The molecule has 1 amide bonds. The van der Waals surface area contributed by atoms with Gasteiger partial charge in [-0.2, -0.15) is 0 Å². The Morgan fingerprint density at radius 2 is 2.16 bits per heavy atom. The van der Waals surface area contributed by atoms with Gasteiger partial charge in [0.15, 0.2) is 0 Å². The van der Waals surface area contributed by atoms with Gasteiger partial charge >= 0.3 is 0 Å². The summed E-state index contributed by atoms with van der Waals surface area (Å²) in [4.78, 5) is 12.1. The zero-order valence-electron chi connectivity index (χ0n) is 10.6. The van der Waals surface area contributed by atoms with E-state index in [1.54, 1.807) is 0 Å². The second-order valence-electron chi connectivity index (χ2n) is 4.60. The minimum Gasteiger partial charge on any atom is -0.384 e. The molecule has 0 radical (unpaired) electrons. The second-order valence-corrected chi connectivity index (χ2v) is 4.60. The van der Waals surface area contributed by atoms with E-state index in [0.29, 0.717) is 11.1 Å². The summed E-state index contributed by atoms with van der Waals surface area (Å²) in [5.41, 5.74) is 0.666. The van der Waals surface area contributed by atoms with Crippen molar-refractivity contribution >= 4 is 5.91 Å². The molecule has 2 N–H and O–H groups in total. The number of halogens is 1. The number of amides is 1. The number of hydrogen-bond acceptors (Lipinski definition) is 2. The quantitative estimate of drug-likeness (QED) is 0.798. The van der Waals surface area contributed by atoms with Gasteiger partial charge in [-0.05, 0) is 31.0 Å². The van der Waals surface area contributed by atoms with Crippen LogP contribution < -0.4 is 5.32 Å². The van der Waals surface area contributed by atoms with Crippen molar-refractivity contribution in [1.82, 2.24) is 5.32 Å². The number of nitrogens with one attached hydrogen (secondary N) is 1. The van der Waals surface area contributed by atoms with E-state index >= 15 is 0 Å². The summed E-state index contributed by atoms with van der Waals surface area (Å²) < 4.78 is 13.2. The summed E-state index contributed by atoms with van der Waals surface area (Å²) in [7, 11) is 0. The first-order valence-electron chi connectivity index (χ1n) is 6.41. The second kappa shape index (κ2) is 6.35. The van der Waals surface area contributed by atoms with Crippen molar-refractivity contribution in [2.24, 2.45) is 0 Å². The van der Waals surface area contributed by atoms with Crippen molar-refractivity contribution in [3.8, 4) is 11.8 Å². The molecule has 1 aliphatic carbocycles. The van der Waals surface area contributed by atoms with Crippen LogP contribution in [0.25, 0.3) is 0 Å². The molecule has 0 saturated heterocycles. The van der Waals surface area contributed by atoms with Gasteiger partial charge in [-0.25, -0.2) is 4.39 Å². The van der Waals surface area contributed by atoms with Gasteiger partial charge in [-0.3, -0.25) is 4.79 Å². The molecule has 19 heavy (non-hydrogen) atoms. The topological polar surface area (TPSA) is 49.3 Å². The molecule has 2 rings (SSSR count). The smallest absolute Gasteiger partial charge is 0.252 e. The van der Waals surface area contributed by atoms with Gasteiger partial charge in [-0.1, -0.05) is 24.7 Å². The largest absolute Gasteiger partial charge is 0.384 e. The highest BCUT2D eigenvalue weighted by molar-refractivity contribution is 5.96. The Kier molecular flexibility index (Phi) is 4.53. The fourth-order valence-electron chi connectivity index (χ4n) is 2.29. The summed E-state index contributed by atoms with van der Waals surface area (Å²) in [5.74, 6) is 4.38. The fraction of sp³-hybridized carbons (Fsp3) is 0.400. The van der Waals surface area contributed by atoms with Crippen molar-refractivity contribution in [3.05, 3.63) is 35.1 Å². The highest BCUT2D eigenvalue weighted by Crippen LogP contribution is 2.19. The van der Waals surface area contributed by atoms with E-state index < -0.39 is 5.82 Å². The van der Waals surface area contributed by atoms with E-state index in [0.717, 1.165) is 25.7 Å². The van der Waals surface area contributed by atoms with Crippen LogP contribution in [-0.4, -0.2) is 23.7 Å². The summed E-state index contributed by atoms with van der Waals surface area (Å²) in [6.07, 6.45) is 4.24. The normalized spacial score (nSPS) is 14.8. The van der Waals surface area contributed by atoms with Crippen LogP contribution in [0.4, 0.5) is 4.39 Å². The Labute approximate surface area is 111 Å². The molecule has 0 aromatic heterocycles. The van der Waals surface area contributed by atoms with Crippen LogP contribution in [0, 0.1) is 17.7 Å². The first-order chi connectivity index (χ1) is 9.20. The van der Waals surface area contributed by atoms with Gasteiger partial charge in [-0.15, -0.1) is 0 Å². The monoisotopic (exact) mass is 261 g/mol. The molecule has 1 saturated carbocycles. The Bertz CT molecular complexity index is 525. The molecule has 100 valence electrons. The van der Waals surface area contributed by atoms with Gasteiger partial charge in [0.25, 0.3) is 5.91 Å². The van der Waals surface area contributed by atoms with Crippen LogP contribution >= 0.6 is 0 Å². The number of benzene rings is 1. The number of aliphatic hydroxyl groups excluding tert-OH is 1. The molecule has 0 heterocycles. The molecule has 0 bridgehead atoms. The number of carbonyl (C=O) groups excluding carboxylic acids is 1. The van der Waals surface area contributed by atoms with Gasteiger partial charge in [0.1, 0.15) is 12.4 Å². The minimum atomic E-state index is -0.445. The predicted octanol–water partition coefficient (Wildman–Crippen LogP) is 1.84. The minimum absolute atomic E-state index is 0.205. The van der Waals surface area contributed by atoms with E-state index in [9.17, 15) is 9.18 Å². The maximum Gasteiger partial charge on any atom is 0.252 e. The summed E-state index contributed by atoms with van der Waals surface area (Å²) in [6.45, 7) is -0.319. The molecule has 0 atom stereocenters. The molecule has 1 aliphatic rings. The highest BCUT2D eigenvalue weighted by atomic mass is 19.1.